The van der Waals surface area contributed by atoms with Gasteiger partial charge in [0.1, 0.15) is 6.10 Å². The molecule has 0 bridgehead atoms. The fourth-order valence-corrected chi connectivity index (χ4v) is 2.24. The van der Waals surface area contributed by atoms with Gasteiger partial charge in [0, 0.05) is 0 Å². The molecule has 23 heavy (non-hydrogen) atoms. The van der Waals surface area contributed by atoms with Gasteiger partial charge in [-0.2, -0.15) is 0 Å². The van der Waals surface area contributed by atoms with Crippen LogP contribution in [0.25, 0.3) is 0 Å². The lowest BCUT2D eigenvalue weighted by Crippen LogP contribution is -2.11. The van der Waals surface area contributed by atoms with Crippen molar-refractivity contribution < 1.29 is 14.9 Å². The molecule has 1 saturated heterocycles. The average molecular weight is 325 g/mol. The van der Waals surface area contributed by atoms with Crippen LogP contribution in [-0.2, 0) is 4.74 Å². The highest BCUT2D eigenvalue weighted by atomic mass is 16.6. The van der Waals surface area contributed by atoms with Gasteiger partial charge in [-0.25, -0.2) is 0 Å². The quantitative estimate of drug-likeness (QED) is 0.508. The summed E-state index contributed by atoms with van der Waals surface area (Å²) in [5.74, 6) is 0. The maximum atomic E-state index is 8.81. The van der Waals surface area contributed by atoms with Crippen molar-refractivity contribution in [3.05, 3.63) is 34.9 Å². The van der Waals surface area contributed by atoms with E-state index < -0.39 is 0 Å². The molecular weight excluding hydrogens is 288 g/mol. The maximum Gasteiger partial charge on any atom is 0.110 e. The third-order valence-corrected chi connectivity index (χ3v) is 3.93. The first-order valence-corrected chi connectivity index (χ1v) is 8.57. The van der Waals surface area contributed by atoms with Crippen molar-refractivity contribution >= 4 is 0 Å². The monoisotopic (exact) mass is 324 g/mol. The zero-order chi connectivity index (χ0) is 17.9. The van der Waals surface area contributed by atoms with E-state index in [0.29, 0.717) is 0 Å². The first kappa shape index (κ1) is 22.1. The van der Waals surface area contributed by atoms with Crippen LogP contribution in [0, 0.1) is 0 Å². The molecule has 0 aromatic rings. The zero-order valence-corrected chi connectivity index (χ0v) is 15.9. The van der Waals surface area contributed by atoms with Gasteiger partial charge in [-0.1, -0.05) is 34.9 Å². The minimum atomic E-state index is -0.0410. The molecule has 0 aromatic heterocycles. The molecule has 0 saturated carbocycles. The van der Waals surface area contributed by atoms with E-state index in [4.69, 9.17) is 14.9 Å². The second kappa shape index (κ2) is 11.6. The predicted molar refractivity (Wildman–Crippen MR) is 98.5 cm³/mol. The summed E-state index contributed by atoms with van der Waals surface area (Å²) in [5.41, 5.74) is 3.94. The lowest BCUT2D eigenvalue weighted by atomic mass is 10.0. The molecular formula is C20H36O3. The van der Waals surface area contributed by atoms with Crippen molar-refractivity contribution in [2.24, 2.45) is 0 Å². The first-order chi connectivity index (χ1) is 10.7. The van der Waals surface area contributed by atoms with E-state index in [1.807, 2.05) is 6.08 Å². The Morgan fingerprint density at radius 3 is 1.96 bits per heavy atom. The van der Waals surface area contributed by atoms with Crippen LogP contribution in [0.1, 0.15) is 67.2 Å². The molecule has 1 fully saturated rings. The van der Waals surface area contributed by atoms with E-state index in [0.717, 1.165) is 25.7 Å². The first-order valence-electron chi connectivity index (χ1n) is 8.57. The summed E-state index contributed by atoms with van der Waals surface area (Å²) < 4.78 is 5.36. The lowest BCUT2D eigenvalue weighted by molar-refractivity contribution is 0.235. The molecule has 3 heteroatoms. The fourth-order valence-electron chi connectivity index (χ4n) is 2.24. The van der Waals surface area contributed by atoms with Gasteiger partial charge in [-0.05, 0) is 67.2 Å². The van der Waals surface area contributed by atoms with Gasteiger partial charge in [0.15, 0.2) is 0 Å². The number of rotatable bonds is 8. The predicted octanol–water partition coefficient (Wildman–Crippen LogP) is 4.55. The van der Waals surface area contributed by atoms with Gasteiger partial charge >= 0.3 is 0 Å². The Labute approximate surface area is 142 Å². The van der Waals surface area contributed by atoms with Gasteiger partial charge < -0.3 is 14.9 Å². The van der Waals surface area contributed by atoms with E-state index in [2.05, 4.69) is 53.7 Å². The smallest absolute Gasteiger partial charge is 0.110 e. The average Bonchev–Trinajstić information content (AvgIpc) is 3.10. The Morgan fingerprint density at radius 1 is 0.957 bits per heavy atom. The molecule has 0 spiro atoms. The number of hydrogen-bond donors (Lipinski definition) is 2. The van der Waals surface area contributed by atoms with E-state index in [1.165, 1.54) is 16.7 Å². The minimum absolute atomic E-state index is 0.0410. The molecule has 0 amide bonds. The SMILES string of the molecule is CC(C)=CCC/C(C)=C/CO.CC(C)=CCCC1(C)OC1CO. The lowest BCUT2D eigenvalue weighted by Gasteiger charge is -2.02. The third-order valence-electron chi connectivity index (χ3n) is 3.93. The van der Waals surface area contributed by atoms with Crippen molar-refractivity contribution in [1.29, 1.82) is 0 Å². The molecule has 0 aromatic carbocycles. The number of ether oxygens (including phenoxy) is 1. The van der Waals surface area contributed by atoms with E-state index in [-0.39, 0.29) is 24.9 Å². The summed E-state index contributed by atoms with van der Waals surface area (Å²) in [4.78, 5) is 0. The van der Waals surface area contributed by atoms with Gasteiger partial charge in [0.05, 0.1) is 18.8 Å². The van der Waals surface area contributed by atoms with E-state index in [1.54, 1.807) is 0 Å². The van der Waals surface area contributed by atoms with E-state index >= 15 is 0 Å². The fraction of sp³-hybridized carbons (Fsp3) is 0.700. The minimum Gasteiger partial charge on any atom is -0.394 e. The summed E-state index contributed by atoms with van der Waals surface area (Å²) in [6.45, 7) is 12.8. The maximum absolute atomic E-state index is 8.81. The Hall–Kier alpha value is -0.900. The summed E-state index contributed by atoms with van der Waals surface area (Å²) in [5, 5.41) is 17.4. The van der Waals surface area contributed by atoms with Crippen molar-refractivity contribution in [2.75, 3.05) is 13.2 Å². The number of epoxide rings is 1. The molecule has 2 atom stereocenters. The molecule has 1 aliphatic rings. The molecule has 134 valence electrons. The summed E-state index contributed by atoms with van der Waals surface area (Å²) in [7, 11) is 0. The summed E-state index contributed by atoms with van der Waals surface area (Å²) in [6.07, 6.45) is 10.6. The van der Waals surface area contributed by atoms with Crippen molar-refractivity contribution in [3.63, 3.8) is 0 Å². The second-order valence-corrected chi connectivity index (χ2v) is 6.98. The topological polar surface area (TPSA) is 53.0 Å². The van der Waals surface area contributed by atoms with Gasteiger partial charge in [-0.3, -0.25) is 0 Å². The second-order valence-electron chi connectivity index (χ2n) is 6.98. The molecule has 2 N–H and O–H groups in total. The molecule has 1 heterocycles. The van der Waals surface area contributed by atoms with Crippen LogP contribution >= 0.6 is 0 Å². The van der Waals surface area contributed by atoms with Gasteiger partial charge in [0.2, 0.25) is 0 Å². The van der Waals surface area contributed by atoms with Crippen LogP contribution in [0.15, 0.2) is 34.9 Å². The highest BCUT2D eigenvalue weighted by Gasteiger charge is 2.50. The van der Waals surface area contributed by atoms with Gasteiger partial charge in [0.25, 0.3) is 0 Å². The molecule has 3 nitrogen and oxygen atoms in total. The molecule has 0 radical (unpaired) electrons. The van der Waals surface area contributed by atoms with Crippen molar-refractivity contribution in [1.82, 2.24) is 0 Å². The number of aliphatic hydroxyl groups excluding tert-OH is 2. The van der Waals surface area contributed by atoms with Crippen LogP contribution < -0.4 is 0 Å². The van der Waals surface area contributed by atoms with Crippen molar-refractivity contribution in [3.8, 4) is 0 Å². The Balaban J connectivity index is 0.000000423. The van der Waals surface area contributed by atoms with E-state index in [9.17, 15) is 0 Å². The normalized spacial score (nSPS) is 22.8. The zero-order valence-electron chi connectivity index (χ0n) is 15.9. The molecule has 1 aliphatic heterocycles. The number of allylic oxidation sites excluding steroid dienone is 5. The Kier molecular flexibility index (Phi) is 11.2. The number of hydrogen-bond acceptors (Lipinski definition) is 3. The summed E-state index contributed by atoms with van der Waals surface area (Å²) >= 11 is 0. The Morgan fingerprint density at radius 2 is 1.52 bits per heavy atom. The molecule has 2 unspecified atom stereocenters. The Bertz CT molecular complexity index is 413. The third kappa shape index (κ3) is 11.3. The number of aliphatic hydroxyl groups is 2. The largest absolute Gasteiger partial charge is 0.394 e. The van der Waals surface area contributed by atoms with Crippen LogP contribution in [0.4, 0.5) is 0 Å². The highest BCUT2D eigenvalue weighted by molar-refractivity contribution is 5.02. The van der Waals surface area contributed by atoms with Crippen LogP contribution in [0.3, 0.4) is 0 Å². The van der Waals surface area contributed by atoms with Crippen LogP contribution in [0.2, 0.25) is 0 Å². The summed E-state index contributed by atoms with van der Waals surface area (Å²) in [6, 6.07) is 0. The van der Waals surface area contributed by atoms with Gasteiger partial charge in [-0.15, -0.1) is 0 Å². The molecule has 1 rings (SSSR count). The molecule has 0 aliphatic carbocycles. The van der Waals surface area contributed by atoms with Crippen LogP contribution in [-0.4, -0.2) is 35.1 Å². The highest BCUT2D eigenvalue weighted by Crippen LogP contribution is 2.39. The van der Waals surface area contributed by atoms with Crippen molar-refractivity contribution in [2.45, 2.75) is 78.9 Å². The standard InChI is InChI=1S/C10H18O2.C10H18O/c1-8(2)5-4-6-10(3)9(7-11)12-10;1-9(2)5-4-6-10(3)7-8-11/h5,9,11H,4,6-7H2,1-3H3;5,7,11H,4,6,8H2,1-3H3/b;10-7+. The van der Waals surface area contributed by atoms with Crippen LogP contribution in [0.5, 0.6) is 0 Å².